The molecule has 1 heterocycles. The van der Waals surface area contributed by atoms with Crippen molar-refractivity contribution in [3.63, 3.8) is 0 Å². The van der Waals surface area contributed by atoms with Gasteiger partial charge in [-0.15, -0.1) is 11.8 Å². The molecule has 3 nitrogen and oxygen atoms in total. The third-order valence-electron chi connectivity index (χ3n) is 2.80. The van der Waals surface area contributed by atoms with Gasteiger partial charge in [0.2, 0.25) is 0 Å². The van der Waals surface area contributed by atoms with Gasteiger partial charge in [-0.25, -0.2) is 4.98 Å². The van der Waals surface area contributed by atoms with Crippen molar-refractivity contribution in [3.8, 4) is 0 Å². The van der Waals surface area contributed by atoms with Crippen LogP contribution in [0.5, 0.6) is 0 Å². The maximum Gasteiger partial charge on any atom is 0.126 e. The Morgan fingerprint density at radius 2 is 2.21 bits per heavy atom. The number of nitrogens with two attached hydrogens (primary N) is 1. The van der Waals surface area contributed by atoms with Gasteiger partial charge in [-0.2, -0.15) is 0 Å². The van der Waals surface area contributed by atoms with Gasteiger partial charge in [0.05, 0.1) is 11.1 Å². The lowest BCUT2D eigenvalue weighted by Gasteiger charge is -2.13. The van der Waals surface area contributed by atoms with Crippen molar-refractivity contribution in [2.75, 3.05) is 5.75 Å². The van der Waals surface area contributed by atoms with E-state index in [1.165, 1.54) is 0 Å². The van der Waals surface area contributed by atoms with E-state index in [1.807, 2.05) is 36.7 Å². The number of hydrogen-bond acceptors (Lipinski definition) is 3. The van der Waals surface area contributed by atoms with Crippen LogP contribution < -0.4 is 5.73 Å². The van der Waals surface area contributed by atoms with Crippen molar-refractivity contribution >= 4 is 23.4 Å². The number of halogens is 1. The molecule has 0 spiro atoms. The van der Waals surface area contributed by atoms with Gasteiger partial charge >= 0.3 is 0 Å². The van der Waals surface area contributed by atoms with Gasteiger partial charge < -0.3 is 10.3 Å². The molecule has 0 amide bonds. The van der Waals surface area contributed by atoms with Crippen LogP contribution in [0.1, 0.15) is 25.2 Å². The van der Waals surface area contributed by atoms with E-state index in [-0.39, 0.29) is 6.04 Å². The molecule has 1 aromatic heterocycles. The van der Waals surface area contributed by atoms with Crippen LogP contribution in [0.4, 0.5) is 0 Å². The number of aryl methyl sites for hydroxylation is 1. The minimum absolute atomic E-state index is 0.0807. The predicted octanol–water partition coefficient (Wildman–Crippen LogP) is 3.74. The number of thioether (sulfide) groups is 1. The van der Waals surface area contributed by atoms with Crippen LogP contribution in [0.3, 0.4) is 0 Å². The van der Waals surface area contributed by atoms with E-state index in [0.29, 0.717) is 0 Å². The second-order valence-corrected chi connectivity index (χ2v) is 5.80. The van der Waals surface area contributed by atoms with Crippen molar-refractivity contribution in [3.05, 3.63) is 47.5 Å². The summed E-state index contributed by atoms with van der Waals surface area (Å²) in [6, 6.07) is 7.74. The molecule has 19 heavy (non-hydrogen) atoms. The SMILES string of the molecule is CCCn1ccnc1C(N)CSc1ccccc1Cl. The maximum atomic E-state index is 6.22. The highest BCUT2D eigenvalue weighted by atomic mass is 35.5. The minimum atomic E-state index is -0.0807. The van der Waals surface area contributed by atoms with E-state index in [9.17, 15) is 0 Å². The first-order chi connectivity index (χ1) is 9.22. The third-order valence-corrected chi connectivity index (χ3v) is 4.43. The van der Waals surface area contributed by atoms with Crippen LogP contribution in [0.2, 0.25) is 5.02 Å². The average Bonchev–Trinajstić information content (AvgIpc) is 2.86. The summed E-state index contributed by atoms with van der Waals surface area (Å²) in [5.41, 5.74) is 6.22. The Morgan fingerprint density at radius 3 is 2.95 bits per heavy atom. The summed E-state index contributed by atoms with van der Waals surface area (Å²) in [7, 11) is 0. The number of nitrogens with zero attached hydrogens (tertiary/aromatic N) is 2. The highest BCUT2D eigenvalue weighted by Gasteiger charge is 2.13. The van der Waals surface area contributed by atoms with Crippen molar-refractivity contribution < 1.29 is 0 Å². The van der Waals surface area contributed by atoms with Gasteiger partial charge in [-0.1, -0.05) is 30.7 Å². The number of aromatic nitrogens is 2. The maximum absolute atomic E-state index is 6.22. The summed E-state index contributed by atoms with van der Waals surface area (Å²) in [5.74, 6) is 1.71. The zero-order valence-corrected chi connectivity index (χ0v) is 12.5. The van der Waals surface area contributed by atoms with E-state index < -0.39 is 0 Å². The van der Waals surface area contributed by atoms with Crippen LogP contribution in [-0.4, -0.2) is 15.3 Å². The summed E-state index contributed by atoms with van der Waals surface area (Å²) in [4.78, 5) is 5.42. The lowest BCUT2D eigenvalue weighted by molar-refractivity contribution is 0.603. The fourth-order valence-electron chi connectivity index (χ4n) is 1.90. The van der Waals surface area contributed by atoms with Crippen molar-refractivity contribution in [2.24, 2.45) is 5.73 Å². The molecule has 0 aliphatic heterocycles. The molecular weight excluding hydrogens is 278 g/mol. The predicted molar refractivity (Wildman–Crippen MR) is 81.6 cm³/mol. The highest BCUT2D eigenvalue weighted by molar-refractivity contribution is 7.99. The molecule has 0 saturated carbocycles. The van der Waals surface area contributed by atoms with Gasteiger partial charge in [0, 0.05) is 29.6 Å². The Bertz CT molecular complexity index is 527. The van der Waals surface area contributed by atoms with Gasteiger partial charge in [0.1, 0.15) is 5.82 Å². The standard InChI is InChI=1S/C14H18ClN3S/c1-2-8-18-9-7-17-14(18)12(16)10-19-13-6-4-3-5-11(13)15/h3-7,9,12H,2,8,10,16H2,1H3. The normalized spacial score (nSPS) is 12.6. The summed E-state index contributed by atoms with van der Waals surface area (Å²) in [5, 5.41) is 0.775. The summed E-state index contributed by atoms with van der Waals surface area (Å²) in [6.07, 6.45) is 4.87. The van der Waals surface area contributed by atoms with Gasteiger partial charge in [-0.05, 0) is 18.6 Å². The molecule has 0 aliphatic carbocycles. The van der Waals surface area contributed by atoms with E-state index in [2.05, 4.69) is 16.5 Å². The molecular formula is C14H18ClN3S. The van der Waals surface area contributed by atoms with Crippen LogP contribution in [0.15, 0.2) is 41.6 Å². The van der Waals surface area contributed by atoms with Crippen LogP contribution in [0, 0.1) is 0 Å². The first kappa shape index (κ1) is 14.4. The number of rotatable bonds is 6. The highest BCUT2D eigenvalue weighted by Crippen LogP contribution is 2.29. The smallest absolute Gasteiger partial charge is 0.126 e. The molecule has 2 N–H and O–H groups in total. The largest absolute Gasteiger partial charge is 0.334 e. The van der Waals surface area contributed by atoms with Crippen LogP contribution in [-0.2, 0) is 6.54 Å². The summed E-state index contributed by atoms with van der Waals surface area (Å²) < 4.78 is 2.12. The zero-order valence-electron chi connectivity index (χ0n) is 10.9. The van der Waals surface area contributed by atoms with Gasteiger partial charge in [-0.3, -0.25) is 0 Å². The fraction of sp³-hybridized carbons (Fsp3) is 0.357. The Kier molecular flexibility index (Phi) is 5.31. The molecule has 1 unspecified atom stereocenters. The number of hydrogen-bond donors (Lipinski definition) is 1. The second kappa shape index (κ2) is 6.98. The topological polar surface area (TPSA) is 43.8 Å². The Balaban J connectivity index is 1.99. The molecule has 1 atom stereocenters. The average molecular weight is 296 g/mol. The molecule has 2 aromatic rings. The third kappa shape index (κ3) is 3.75. The lowest BCUT2D eigenvalue weighted by Crippen LogP contribution is -2.18. The number of imidazole rings is 1. The zero-order chi connectivity index (χ0) is 13.7. The van der Waals surface area contributed by atoms with Gasteiger partial charge in [0.25, 0.3) is 0 Å². The van der Waals surface area contributed by atoms with E-state index in [4.69, 9.17) is 17.3 Å². The van der Waals surface area contributed by atoms with Crippen LogP contribution in [0.25, 0.3) is 0 Å². The first-order valence-corrected chi connectivity index (χ1v) is 7.72. The van der Waals surface area contributed by atoms with Crippen molar-refractivity contribution in [2.45, 2.75) is 30.8 Å². The van der Waals surface area contributed by atoms with E-state index in [0.717, 1.165) is 34.5 Å². The molecule has 1 aromatic carbocycles. The molecule has 2 rings (SSSR count). The van der Waals surface area contributed by atoms with Crippen molar-refractivity contribution in [1.82, 2.24) is 9.55 Å². The summed E-state index contributed by atoms with van der Waals surface area (Å²) in [6.45, 7) is 3.10. The van der Waals surface area contributed by atoms with E-state index in [1.54, 1.807) is 11.8 Å². The monoisotopic (exact) mass is 295 g/mol. The molecule has 0 fully saturated rings. The fourth-order valence-corrected chi connectivity index (χ4v) is 3.08. The Morgan fingerprint density at radius 1 is 1.42 bits per heavy atom. The molecule has 0 saturated heterocycles. The molecule has 5 heteroatoms. The lowest BCUT2D eigenvalue weighted by atomic mass is 10.3. The van der Waals surface area contributed by atoms with Crippen molar-refractivity contribution in [1.29, 1.82) is 0 Å². The molecule has 0 bridgehead atoms. The molecule has 102 valence electrons. The van der Waals surface area contributed by atoms with E-state index >= 15 is 0 Å². The van der Waals surface area contributed by atoms with Gasteiger partial charge in [0.15, 0.2) is 0 Å². The molecule has 0 radical (unpaired) electrons. The molecule has 0 aliphatic rings. The first-order valence-electron chi connectivity index (χ1n) is 6.36. The minimum Gasteiger partial charge on any atom is -0.334 e. The Labute approximate surface area is 123 Å². The Hall–Kier alpha value is -0.970. The summed E-state index contributed by atoms with van der Waals surface area (Å²) >= 11 is 7.80. The van der Waals surface area contributed by atoms with Crippen LogP contribution >= 0.6 is 23.4 Å². The number of benzene rings is 1. The second-order valence-electron chi connectivity index (χ2n) is 4.33. The quantitative estimate of drug-likeness (QED) is 0.826.